The zero-order chi connectivity index (χ0) is 38.3. The normalized spacial score (nSPS) is 22.3. The van der Waals surface area contributed by atoms with Crippen LogP contribution in [-0.4, -0.2) is 118 Å². The van der Waals surface area contributed by atoms with Gasteiger partial charge in [-0.1, -0.05) is 30.3 Å². The van der Waals surface area contributed by atoms with Crippen LogP contribution in [0.4, 0.5) is 0 Å². The number of rotatable bonds is 28. The second kappa shape index (κ2) is 18.7. The molecule has 0 saturated carbocycles. The minimum Gasteiger partial charge on any atom is -0.436 e. The lowest BCUT2D eigenvalue weighted by Crippen LogP contribution is -2.71. The molecule has 0 bridgehead atoms. The zero-order valence-electron chi connectivity index (χ0n) is 34.0. The van der Waals surface area contributed by atoms with Crippen molar-refractivity contribution in [1.29, 1.82) is 0 Å². The van der Waals surface area contributed by atoms with E-state index >= 15 is 0 Å². The fourth-order valence-corrected chi connectivity index (χ4v) is 39.8. The van der Waals surface area contributed by atoms with Gasteiger partial charge < -0.3 is 53.1 Å². The summed E-state index contributed by atoms with van der Waals surface area (Å²) in [5.74, 6) is 0. The summed E-state index contributed by atoms with van der Waals surface area (Å²) in [5, 5.41) is 0.902. The highest BCUT2D eigenvalue weighted by molar-refractivity contribution is 6.97. The first-order valence-corrected chi connectivity index (χ1v) is 38.6. The van der Waals surface area contributed by atoms with E-state index in [0.717, 1.165) is 42.6 Å². The second-order valence-corrected chi connectivity index (χ2v) is 44.3. The van der Waals surface area contributed by atoms with Crippen molar-refractivity contribution in [3.63, 3.8) is 0 Å². The second-order valence-electron chi connectivity index (χ2n) is 17.2. The standard InChI is InChI=1S/C33H68O12Si7/c1-46(2,24-16-21-34-31-27-37-31)40-49(7,8)43-52(30-19-14-13-15-20-30,44-50(9,10)41-47(3,4)25-17-22-35-32-28-38-32)45-51(11,12)42-48(5,6)26-18-23-36-33-29-39-33/h13-15,19-20,31-33H,16-18,21-29H2,1-12H3. The molecule has 3 atom stereocenters. The lowest BCUT2D eigenvalue weighted by molar-refractivity contribution is 0.0502. The maximum Gasteiger partial charge on any atom is 0.510 e. The molecule has 3 unspecified atom stereocenters. The molecular weight excluding hydrogens is 785 g/mol. The smallest absolute Gasteiger partial charge is 0.436 e. The third-order valence-electron chi connectivity index (χ3n) is 8.42. The summed E-state index contributed by atoms with van der Waals surface area (Å²) in [7, 11) is -19.0. The van der Waals surface area contributed by atoms with E-state index in [1.165, 1.54) is 0 Å². The van der Waals surface area contributed by atoms with E-state index in [1.54, 1.807) is 0 Å². The molecule has 300 valence electrons. The van der Waals surface area contributed by atoms with E-state index in [4.69, 9.17) is 53.1 Å². The molecule has 0 N–H and O–H groups in total. The van der Waals surface area contributed by atoms with Gasteiger partial charge in [0.2, 0.25) is 0 Å². The maximum atomic E-state index is 7.43. The van der Waals surface area contributed by atoms with E-state index in [-0.39, 0.29) is 18.9 Å². The van der Waals surface area contributed by atoms with E-state index in [0.29, 0.717) is 39.6 Å². The lowest BCUT2D eigenvalue weighted by Gasteiger charge is -2.47. The van der Waals surface area contributed by atoms with Crippen molar-refractivity contribution >= 4 is 64.6 Å². The van der Waals surface area contributed by atoms with Crippen molar-refractivity contribution in [2.75, 3.05) is 39.6 Å². The summed E-state index contributed by atoms with van der Waals surface area (Å²) in [6.07, 6.45) is 2.64. The Balaban J connectivity index is 1.57. The van der Waals surface area contributed by atoms with Gasteiger partial charge in [0.25, 0.3) is 0 Å². The number of hydrogen-bond acceptors (Lipinski definition) is 12. The van der Waals surface area contributed by atoms with Crippen LogP contribution in [0.15, 0.2) is 30.3 Å². The molecule has 0 amide bonds. The van der Waals surface area contributed by atoms with Crippen LogP contribution in [0.25, 0.3) is 0 Å². The molecule has 19 heteroatoms. The predicted octanol–water partition coefficient (Wildman–Crippen LogP) is 6.94. The molecule has 3 aliphatic heterocycles. The highest BCUT2D eigenvalue weighted by atomic mass is 28.5. The molecule has 3 heterocycles. The Morgan fingerprint density at radius 1 is 0.462 bits per heavy atom. The first kappa shape index (κ1) is 45.0. The van der Waals surface area contributed by atoms with Crippen molar-refractivity contribution in [1.82, 2.24) is 0 Å². The Bertz CT molecular complexity index is 1110. The summed E-state index contributed by atoms with van der Waals surface area (Å²) in [5.41, 5.74) is 0. The van der Waals surface area contributed by atoms with Crippen LogP contribution < -0.4 is 5.19 Å². The minimum absolute atomic E-state index is 0.0338. The summed E-state index contributed by atoms with van der Waals surface area (Å²) >= 11 is 0. The lowest BCUT2D eigenvalue weighted by atomic mass is 10.4. The first-order chi connectivity index (χ1) is 24.1. The fraction of sp³-hybridized carbons (Fsp3) is 0.818. The predicted molar refractivity (Wildman–Crippen MR) is 219 cm³/mol. The quantitative estimate of drug-likeness (QED) is 0.0494. The van der Waals surface area contributed by atoms with Gasteiger partial charge in [0, 0.05) is 25.0 Å². The van der Waals surface area contributed by atoms with Crippen LogP contribution in [0.1, 0.15) is 19.3 Å². The molecular formula is C33H68O12Si7. The van der Waals surface area contributed by atoms with Gasteiger partial charge in [0.15, 0.2) is 43.8 Å². The van der Waals surface area contributed by atoms with E-state index in [2.05, 4.69) is 90.7 Å². The molecule has 3 saturated heterocycles. The largest absolute Gasteiger partial charge is 0.510 e. The zero-order valence-corrected chi connectivity index (χ0v) is 41.0. The minimum atomic E-state index is -3.76. The van der Waals surface area contributed by atoms with Crippen LogP contribution in [0.3, 0.4) is 0 Å². The third kappa shape index (κ3) is 17.6. The third-order valence-corrected chi connectivity index (χ3v) is 35.8. The van der Waals surface area contributed by atoms with Crippen molar-refractivity contribution in [2.45, 2.75) is 135 Å². The molecule has 0 radical (unpaired) electrons. The Hall–Kier alpha value is 0.258. The number of benzene rings is 1. The Morgan fingerprint density at radius 2 is 0.750 bits per heavy atom. The molecule has 1 aromatic carbocycles. The fourth-order valence-electron chi connectivity index (χ4n) is 6.61. The summed E-state index contributed by atoms with van der Waals surface area (Å²) in [6, 6.07) is 13.1. The number of hydrogen-bond donors (Lipinski definition) is 0. The molecule has 0 aliphatic carbocycles. The Kier molecular flexibility index (Phi) is 16.2. The Labute approximate surface area is 321 Å². The van der Waals surface area contributed by atoms with Crippen LogP contribution in [0, 0.1) is 0 Å². The molecule has 52 heavy (non-hydrogen) atoms. The van der Waals surface area contributed by atoms with Crippen molar-refractivity contribution in [3.05, 3.63) is 30.3 Å². The molecule has 3 fully saturated rings. The van der Waals surface area contributed by atoms with Gasteiger partial charge in [0.05, 0.1) is 0 Å². The molecule has 3 aliphatic rings. The monoisotopic (exact) mass is 852 g/mol. The van der Waals surface area contributed by atoms with Gasteiger partial charge in [-0.05, 0) is 116 Å². The van der Waals surface area contributed by atoms with Crippen LogP contribution in [0.5, 0.6) is 0 Å². The van der Waals surface area contributed by atoms with Crippen molar-refractivity contribution in [3.8, 4) is 0 Å². The summed E-state index contributed by atoms with van der Waals surface area (Å²) in [4.78, 5) is 0. The number of epoxide rings is 3. The number of ether oxygens (including phenoxy) is 6. The molecule has 4 rings (SSSR count). The van der Waals surface area contributed by atoms with Gasteiger partial charge in [-0.3, -0.25) is 0 Å². The van der Waals surface area contributed by atoms with E-state index < -0.39 is 59.4 Å². The maximum absolute atomic E-state index is 7.43. The highest BCUT2D eigenvalue weighted by Gasteiger charge is 2.58. The van der Waals surface area contributed by atoms with Crippen molar-refractivity contribution < 1.29 is 53.1 Å². The topological polar surface area (TPSA) is 121 Å². The summed E-state index contributed by atoms with van der Waals surface area (Å²) in [6.45, 7) is 30.4. The van der Waals surface area contributed by atoms with Crippen LogP contribution >= 0.6 is 0 Å². The Morgan fingerprint density at radius 3 is 1.02 bits per heavy atom. The molecule has 12 nitrogen and oxygen atoms in total. The molecule has 1 aromatic rings. The molecule has 0 spiro atoms. The van der Waals surface area contributed by atoms with Crippen LogP contribution in [-0.2, 0) is 53.1 Å². The molecule has 0 aromatic heterocycles. The van der Waals surface area contributed by atoms with Gasteiger partial charge in [-0.15, -0.1) is 0 Å². The summed E-state index contributed by atoms with van der Waals surface area (Å²) < 4.78 is 76.5. The average Bonchev–Trinajstić information content (AvgIpc) is 3.84. The van der Waals surface area contributed by atoms with Crippen molar-refractivity contribution in [2.24, 2.45) is 0 Å². The van der Waals surface area contributed by atoms with Gasteiger partial charge in [-0.25, -0.2) is 0 Å². The van der Waals surface area contributed by atoms with Gasteiger partial charge >= 0.3 is 34.5 Å². The van der Waals surface area contributed by atoms with Crippen LogP contribution in [0.2, 0.25) is 96.7 Å². The SMILES string of the molecule is C[Si](C)(CCCOC1CO1)O[Si](C)(C)O[Si](O[Si](C)(C)O[Si](C)(C)CCCOC1CO1)(O[Si](C)(C)O[Si](C)(C)CCCOC1CO1)c1ccccc1. The van der Waals surface area contributed by atoms with Gasteiger partial charge in [-0.2, -0.15) is 0 Å². The first-order valence-electron chi connectivity index (χ1n) is 19.0. The highest BCUT2D eigenvalue weighted by Crippen LogP contribution is 2.33. The van der Waals surface area contributed by atoms with E-state index in [9.17, 15) is 0 Å². The van der Waals surface area contributed by atoms with E-state index in [1.807, 2.05) is 18.2 Å². The van der Waals surface area contributed by atoms with Gasteiger partial charge in [0.1, 0.15) is 19.8 Å². The average molecular weight is 853 g/mol.